The van der Waals surface area contributed by atoms with Crippen molar-refractivity contribution in [2.24, 2.45) is 0 Å². The van der Waals surface area contributed by atoms with Crippen molar-refractivity contribution in [2.45, 2.75) is 12.8 Å². The van der Waals surface area contributed by atoms with Crippen LogP contribution in [0.2, 0.25) is 0 Å². The summed E-state index contributed by atoms with van der Waals surface area (Å²) in [4.78, 5) is 19.7. The number of hydrogen-bond acceptors (Lipinski definition) is 3. The second kappa shape index (κ2) is 4.46. The van der Waals surface area contributed by atoms with Gasteiger partial charge in [-0.15, -0.1) is 0 Å². The van der Waals surface area contributed by atoms with E-state index in [2.05, 4.69) is 0 Å². The minimum absolute atomic E-state index is 0.0282. The summed E-state index contributed by atoms with van der Waals surface area (Å²) >= 11 is 0. The lowest BCUT2D eigenvalue weighted by atomic mass is 10.2. The first-order valence-corrected chi connectivity index (χ1v) is 2.40. The van der Waals surface area contributed by atoms with Crippen molar-refractivity contribution in [1.29, 1.82) is 0 Å². The van der Waals surface area contributed by atoms with Crippen LogP contribution < -0.4 is 0 Å². The quantitative estimate of drug-likeness (QED) is 0.399. The average molecular weight is 116 g/mol. The maximum atomic E-state index is 10.1. The number of Topliss-reactive ketones (excluding diaryl/α,β-unsaturated/α-hetero) is 1. The highest BCUT2D eigenvalue weighted by molar-refractivity contribution is 6.24. The summed E-state index contributed by atoms with van der Waals surface area (Å²) < 4.78 is 0. The van der Waals surface area contributed by atoms with Crippen molar-refractivity contribution in [3.63, 3.8) is 0 Å². The van der Waals surface area contributed by atoms with Gasteiger partial charge in [-0.25, -0.2) is 0 Å². The van der Waals surface area contributed by atoms with Crippen molar-refractivity contribution in [1.82, 2.24) is 0 Å². The second-order valence-corrected chi connectivity index (χ2v) is 1.41. The molecule has 0 atom stereocenters. The van der Waals surface area contributed by atoms with Gasteiger partial charge in [0, 0.05) is 13.0 Å². The molecule has 0 saturated carbocycles. The molecule has 0 rings (SSSR count). The van der Waals surface area contributed by atoms with E-state index in [0.717, 1.165) is 0 Å². The molecule has 0 radical (unpaired) electrons. The molecule has 3 nitrogen and oxygen atoms in total. The molecule has 1 N–H and O–H groups in total. The third-order valence-corrected chi connectivity index (χ3v) is 0.713. The Labute approximate surface area is 47.3 Å². The van der Waals surface area contributed by atoms with Gasteiger partial charge in [-0.05, 0) is 6.42 Å². The van der Waals surface area contributed by atoms with E-state index in [1.54, 1.807) is 0 Å². The lowest BCUT2D eigenvalue weighted by molar-refractivity contribution is -0.130. The SMILES string of the molecule is O=CC(=O)CCCO. The van der Waals surface area contributed by atoms with Crippen molar-refractivity contribution < 1.29 is 14.7 Å². The first kappa shape index (κ1) is 7.30. The van der Waals surface area contributed by atoms with Gasteiger partial charge in [-0.1, -0.05) is 0 Å². The number of hydrogen-bond donors (Lipinski definition) is 1. The first-order chi connectivity index (χ1) is 3.81. The Hall–Kier alpha value is -0.700. The van der Waals surface area contributed by atoms with E-state index in [1.807, 2.05) is 0 Å². The third-order valence-electron chi connectivity index (χ3n) is 0.713. The topological polar surface area (TPSA) is 54.4 Å². The number of carbonyl (C=O) groups excluding carboxylic acids is 2. The van der Waals surface area contributed by atoms with Gasteiger partial charge < -0.3 is 5.11 Å². The van der Waals surface area contributed by atoms with Crippen molar-refractivity contribution >= 4 is 12.1 Å². The number of carbonyl (C=O) groups is 2. The predicted octanol–water partition coefficient (Wildman–Crippen LogP) is -0.473. The van der Waals surface area contributed by atoms with Crippen LogP contribution in [0.4, 0.5) is 0 Å². The molecule has 0 bridgehead atoms. The largest absolute Gasteiger partial charge is 0.396 e. The summed E-state index contributed by atoms with van der Waals surface area (Å²) in [7, 11) is 0. The molecule has 0 aromatic heterocycles. The first-order valence-electron chi connectivity index (χ1n) is 2.40. The molecule has 0 unspecified atom stereocenters. The molecular formula is C5H8O3. The van der Waals surface area contributed by atoms with E-state index in [9.17, 15) is 9.59 Å². The molecule has 0 fully saturated rings. The fourth-order valence-electron chi connectivity index (χ4n) is 0.312. The molecule has 46 valence electrons. The maximum Gasteiger partial charge on any atom is 0.195 e. The van der Waals surface area contributed by atoms with Gasteiger partial charge in [0.2, 0.25) is 0 Å². The summed E-state index contributed by atoms with van der Waals surface area (Å²) in [6, 6.07) is 0. The highest BCUT2D eigenvalue weighted by atomic mass is 16.3. The minimum Gasteiger partial charge on any atom is -0.396 e. The van der Waals surface area contributed by atoms with Crippen molar-refractivity contribution in [3.05, 3.63) is 0 Å². The number of ketones is 1. The van der Waals surface area contributed by atoms with Crippen molar-refractivity contribution in [3.8, 4) is 0 Å². The molecule has 0 aliphatic rings. The highest BCUT2D eigenvalue weighted by Crippen LogP contribution is 1.84. The minimum atomic E-state index is -0.445. The van der Waals surface area contributed by atoms with Crippen LogP contribution in [0.1, 0.15) is 12.8 Å². The predicted molar refractivity (Wildman–Crippen MR) is 27.4 cm³/mol. The monoisotopic (exact) mass is 116 g/mol. The molecule has 3 heteroatoms. The van der Waals surface area contributed by atoms with Gasteiger partial charge in [0.1, 0.15) is 0 Å². The van der Waals surface area contributed by atoms with Gasteiger partial charge in [0.25, 0.3) is 0 Å². The molecule has 0 amide bonds. The lowest BCUT2D eigenvalue weighted by Gasteiger charge is -1.85. The van der Waals surface area contributed by atoms with Crippen LogP contribution in [0, 0.1) is 0 Å². The van der Waals surface area contributed by atoms with Gasteiger partial charge in [-0.2, -0.15) is 0 Å². The molecule has 0 aliphatic heterocycles. The van der Waals surface area contributed by atoms with Crippen LogP contribution in [0.15, 0.2) is 0 Å². The van der Waals surface area contributed by atoms with Crippen LogP contribution in [-0.2, 0) is 9.59 Å². The Kier molecular flexibility index (Phi) is 4.07. The summed E-state index contributed by atoms with van der Waals surface area (Å²) in [5.74, 6) is -0.445. The van der Waals surface area contributed by atoms with Gasteiger partial charge in [-0.3, -0.25) is 9.59 Å². The Morgan fingerprint density at radius 1 is 1.62 bits per heavy atom. The highest BCUT2D eigenvalue weighted by Gasteiger charge is 1.95. The Morgan fingerprint density at radius 2 is 2.25 bits per heavy atom. The maximum absolute atomic E-state index is 10.1. The molecule has 0 saturated heterocycles. The van der Waals surface area contributed by atoms with E-state index in [4.69, 9.17) is 5.11 Å². The average Bonchev–Trinajstić information content (AvgIpc) is 1.83. The molecule has 0 aromatic carbocycles. The van der Waals surface area contributed by atoms with Crippen LogP contribution in [0.3, 0.4) is 0 Å². The summed E-state index contributed by atoms with van der Waals surface area (Å²) in [5, 5.41) is 8.14. The van der Waals surface area contributed by atoms with Crippen molar-refractivity contribution in [2.75, 3.05) is 6.61 Å². The zero-order valence-electron chi connectivity index (χ0n) is 4.46. The Morgan fingerprint density at radius 3 is 2.62 bits per heavy atom. The second-order valence-electron chi connectivity index (χ2n) is 1.41. The number of aldehydes is 1. The Balaban J connectivity index is 3.11. The van der Waals surface area contributed by atoms with Gasteiger partial charge >= 0.3 is 0 Å². The van der Waals surface area contributed by atoms with Crippen LogP contribution >= 0.6 is 0 Å². The van der Waals surface area contributed by atoms with E-state index in [1.165, 1.54) is 0 Å². The fraction of sp³-hybridized carbons (Fsp3) is 0.600. The summed E-state index contributed by atoms with van der Waals surface area (Å²) in [6.07, 6.45) is 0.827. The fourth-order valence-corrected chi connectivity index (χ4v) is 0.312. The lowest BCUT2D eigenvalue weighted by Crippen LogP contribution is -1.98. The van der Waals surface area contributed by atoms with E-state index in [0.29, 0.717) is 6.42 Å². The number of aliphatic hydroxyl groups excluding tert-OH is 1. The third kappa shape index (κ3) is 3.49. The van der Waals surface area contributed by atoms with E-state index >= 15 is 0 Å². The van der Waals surface area contributed by atoms with Crippen LogP contribution in [-0.4, -0.2) is 23.8 Å². The normalized spacial score (nSPS) is 8.62. The van der Waals surface area contributed by atoms with Crippen LogP contribution in [0.5, 0.6) is 0 Å². The zero-order chi connectivity index (χ0) is 6.41. The molecule has 0 aliphatic carbocycles. The van der Waals surface area contributed by atoms with Crippen LogP contribution in [0.25, 0.3) is 0 Å². The smallest absolute Gasteiger partial charge is 0.195 e. The molecule has 0 heterocycles. The standard InChI is InChI=1S/C5H8O3/c6-3-1-2-5(8)4-7/h4,6H,1-3H2. The molecule has 8 heavy (non-hydrogen) atoms. The van der Waals surface area contributed by atoms with Gasteiger partial charge in [0.05, 0.1) is 0 Å². The molecule has 0 spiro atoms. The van der Waals surface area contributed by atoms with Gasteiger partial charge in [0.15, 0.2) is 12.1 Å². The summed E-state index contributed by atoms with van der Waals surface area (Å²) in [6.45, 7) is -0.0282. The zero-order valence-corrected chi connectivity index (χ0v) is 4.46. The van der Waals surface area contributed by atoms with E-state index in [-0.39, 0.29) is 19.3 Å². The molecule has 0 aromatic rings. The number of aliphatic hydroxyl groups is 1. The van der Waals surface area contributed by atoms with E-state index < -0.39 is 5.78 Å². The summed E-state index contributed by atoms with van der Waals surface area (Å²) in [5.41, 5.74) is 0. The molecular weight excluding hydrogens is 108 g/mol. The number of rotatable bonds is 4. The Bertz CT molecular complexity index is 87.7.